The second kappa shape index (κ2) is 6.48. The Balaban J connectivity index is 1.96. The number of rotatable bonds is 3. The van der Waals surface area contributed by atoms with E-state index in [1.165, 1.54) is 33.7 Å². The summed E-state index contributed by atoms with van der Waals surface area (Å²) >= 11 is 1.54. The molecule has 3 aromatic heterocycles. The molecule has 0 N–H and O–H groups in total. The molecule has 136 valence electrons. The monoisotopic (exact) mass is 380 g/mol. The van der Waals surface area contributed by atoms with Gasteiger partial charge in [0.2, 0.25) is 0 Å². The zero-order valence-corrected chi connectivity index (χ0v) is 15.6. The molecular formula is C19H16N4O3S. The predicted octanol–water partition coefficient (Wildman–Crippen LogP) is 1.57. The minimum absolute atomic E-state index is 0.0316. The van der Waals surface area contributed by atoms with E-state index >= 15 is 0 Å². The third-order valence-corrected chi connectivity index (χ3v) is 5.44. The Kier molecular flexibility index (Phi) is 4.12. The van der Waals surface area contributed by atoms with Gasteiger partial charge in [-0.05, 0) is 17.5 Å². The number of fused-ring (bicyclic) bond motifs is 1. The van der Waals surface area contributed by atoms with Crippen molar-refractivity contribution in [1.82, 2.24) is 18.9 Å². The molecule has 0 amide bonds. The van der Waals surface area contributed by atoms with Crippen LogP contribution >= 0.6 is 11.3 Å². The molecule has 8 heteroatoms. The molecule has 0 saturated heterocycles. The third-order valence-electron chi connectivity index (χ3n) is 4.56. The van der Waals surface area contributed by atoms with E-state index in [2.05, 4.69) is 5.10 Å². The van der Waals surface area contributed by atoms with Crippen LogP contribution in [0.1, 0.15) is 5.69 Å². The number of aromatic nitrogens is 4. The lowest BCUT2D eigenvalue weighted by atomic mass is 10.1. The Morgan fingerprint density at radius 3 is 2.41 bits per heavy atom. The SMILES string of the molecule is Cn1c(Cn2nc(-c3cccs3)c3ccccc3c2=O)cc(=O)n(C)c1=O. The molecule has 0 unspecified atom stereocenters. The van der Waals surface area contributed by atoms with Crippen molar-refractivity contribution >= 4 is 22.1 Å². The van der Waals surface area contributed by atoms with Crippen molar-refractivity contribution < 1.29 is 0 Å². The molecule has 27 heavy (non-hydrogen) atoms. The lowest BCUT2D eigenvalue weighted by Gasteiger charge is -2.13. The second-order valence-electron chi connectivity index (χ2n) is 6.21. The first-order chi connectivity index (χ1) is 13.0. The maximum absolute atomic E-state index is 12.9. The van der Waals surface area contributed by atoms with Crippen LogP contribution in [0.5, 0.6) is 0 Å². The number of nitrogens with zero attached hydrogens (tertiary/aromatic N) is 4. The summed E-state index contributed by atoms with van der Waals surface area (Å²) < 4.78 is 3.69. The van der Waals surface area contributed by atoms with Crippen LogP contribution in [0.4, 0.5) is 0 Å². The molecule has 0 aliphatic heterocycles. The number of thiophene rings is 1. The smallest absolute Gasteiger partial charge is 0.299 e. The Bertz CT molecular complexity index is 1330. The molecule has 0 spiro atoms. The zero-order valence-electron chi connectivity index (χ0n) is 14.7. The van der Waals surface area contributed by atoms with E-state index in [-0.39, 0.29) is 12.1 Å². The number of benzene rings is 1. The Morgan fingerprint density at radius 2 is 1.70 bits per heavy atom. The van der Waals surface area contributed by atoms with E-state index in [9.17, 15) is 14.4 Å². The zero-order chi connectivity index (χ0) is 19.1. The minimum Gasteiger partial charge on any atom is -0.299 e. The summed E-state index contributed by atoms with van der Waals surface area (Å²) in [6.45, 7) is 0.0316. The van der Waals surface area contributed by atoms with Crippen LogP contribution in [-0.2, 0) is 20.6 Å². The molecular weight excluding hydrogens is 364 g/mol. The standard InChI is InChI=1S/C19H16N4O3S/c1-21-12(10-16(24)22(2)19(21)26)11-23-18(25)14-7-4-3-6-13(14)17(20-23)15-8-5-9-27-15/h3-10H,11H2,1-2H3. The van der Waals surface area contributed by atoms with Gasteiger partial charge < -0.3 is 0 Å². The Hall–Kier alpha value is -3.26. The lowest BCUT2D eigenvalue weighted by Crippen LogP contribution is -2.39. The number of hydrogen-bond acceptors (Lipinski definition) is 5. The molecule has 1 aromatic carbocycles. The van der Waals surface area contributed by atoms with E-state index < -0.39 is 11.2 Å². The van der Waals surface area contributed by atoms with Gasteiger partial charge >= 0.3 is 5.69 Å². The number of hydrogen-bond donors (Lipinski definition) is 0. The average Bonchev–Trinajstić information content (AvgIpc) is 3.21. The largest absolute Gasteiger partial charge is 0.330 e. The molecule has 0 aliphatic carbocycles. The van der Waals surface area contributed by atoms with Gasteiger partial charge in [0.1, 0.15) is 5.69 Å². The average molecular weight is 380 g/mol. The van der Waals surface area contributed by atoms with Crippen molar-refractivity contribution in [2.75, 3.05) is 0 Å². The molecule has 0 saturated carbocycles. The van der Waals surface area contributed by atoms with Crippen LogP contribution < -0.4 is 16.8 Å². The van der Waals surface area contributed by atoms with Gasteiger partial charge in [-0.3, -0.25) is 18.7 Å². The first-order valence-corrected chi connectivity index (χ1v) is 9.15. The molecule has 0 fully saturated rings. The summed E-state index contributed by atoms with van der Waals surface area (Å²) in [5.74, 6) is 0. The molecule has 0 bridgehead atoms. The Morgan fingerprint density at radius 1 is 0.963 bits per heavy atom. The van der Waals surface area contributed by atoms with E-state index in [0.29, 0.717) is 16.8 Å². The summed E-state index contributed by atoms with van der Waals surface area (Å²) in [5.41, 5.74) is 0.00316. The van der Waals surface area contributed by atoms with Crippen LogP contribution in [0.25, 0.3) is 21.3 Å². The normalized spacial score (nSPS) is 11.2. The van der Waals surface area contributed by atoms with Crippen LogP contribution in [0.2, 0.25) is 0 Å². The predicted molar refractivity (Wildman–Crippen MR) is 105 cm³/mol. The van der Waals surface area contributed by atoms with Crippen molar-refractivity contribution in [2.45, 2.75) is 6.54 Å². The summed E-state index contributed by atoms with van der Waals surface area (Å²) in [7, 11) is 2.99. The van der Waals surface area contributed by atoms with Crippen molar-refractivity contribution in [2.24, 2.45) is 14.1 Å². The summed E-state index contributed by atoms with van der Waals surface area (Å²) in [5, 5.41) is 7.82. The summed E-state index contributed by atoms with van der Waals surface area (Å²) in [6.07, 6.45) is 0. The van der Waals surface area contributed by atoms with Crippen molar-refractivity contribution in [3.8, 4) is 10.6 Å². The Labute approximate surface area is 157 Å². The van der Waals surface area contributed by atoms with Crippen LogP contribution in [0.3, 0.4) is 0 Å². The fraction of sp³-hybridized carbons (Fsp3) is 0.158. The maximum atomic E-state index is 12.9. The van der Waals surface area contributed by atoms with E-state index in [1.54, 1.807) is 19.2 Å². The highest BCUT2D eigenvalue weighted by atomic mass is 32.1. The third kappa shape index (κ3) is 2.83. The van der Waals surface area contributed by atoms with Gasteiger partial charge in [-0.2, -0.15) is 5.10 Å². The summed E-state index contributed by atoms with van der Waals surface area (Å²) in [4.78, 5) is 38.0. The highest BCUT2D eigenvalue weighted by Gasteiger charge is 2.14. The van der Waals surface area contributed by atoms with Gasteiger partial charge in [0, 0.05) is 31.2 Å². The molecule has 4 rings (SSSR count). The first kappa shape index (κ1) is 17.2. The highest BCUT2D eigenvalue weighted by Crippen LogP contribution is 2.28. The van der Waals surface area contributed by atoms with Gasteiger partial charge in [-0.25, -0.2) is 9.48 Å². The van der Waals surface area contributed by atoms with Gasteiger partial charge in [-0.1, -0.05) is 24.3 Å². The van der Waals surface area contributed by atoms with Crippen molar-refractivity contribution in [3.05, 3.63) is 84.7 Å². The fourth-order valence-electron chi connectivity index (χ4n) is 3.02. The fourth-order valence-corrected chi connectivity index (χ4v) is 3.74. The highest BCUT2D eigenvalue weighted by molar-refractivity contribution is 7.13. The van der Waals surface area contributed by atoms with Crippen LogP contribution in [0.15, 0.2) is 62.2 Å². The molecule has 3 heterocycles. The second-order valence-corrected chi connectivity index (χ2v) is 7.16. The molecule has 7 nitrogen and oxygen atoms in total. The van der Waals surface area contributed by atoms with Crippen LogP contribution in [0, 0.1) is 0 Å². The van der Waals surface area contributed by atoms with Crippen LogP contribution in [-0.4, -0.2) is 18.9 Å². The molecule has 4 aromatic rings. The van der Waals surface area contributed by atoms with Gasteiger partial charge in [0.05, 0.1) is 16.8 Å². The quantitative estimate of drug-likeness (QED) is 0.540. The molecule has 0 radical (unpaired) electrons. The maximum Gasteiger partial charge on any atom is 0.330 e. The van der Waals surface area contributed by atoms with Crippen molar-refractivity contribution in [1.29, 1.82) is 0 Å². The van der Waals surface area contributed by atoms with Crippen molar-refractivity contribution in [3.63, 3.8) is 0 Å². The van der Waals surface area contributed by atoms with Gasteiger partial charge in [0.15, 0.2) is 0 Å². The minimum atomic E-state index is -0.440. The first-order valence-electron chi connectivity index (χ1n) is 8.27. The molecule has 0 aliphatic rings. The van der Waals surface area contributed by atoms with E-state index in [0.717, 1.165) is 14.8 Å². The van der Waals surface area contributed by atoms with E-state index in [4.69, 9.17) is 0 Å². The topological polar surface area (TPSA) is 78.9 Å². The van der Waals surface area contributed by atoms with E-state index in [1.807, 2.05) is 29.6 Å². The lowest BCUT2D eigenvalue weighted by molar-refractivity contribution is 0.581. The van der Waals surface area contributed by atoms with Gasteiger partial charge in [-0.15, -0.1) is 11.3 Å². The summed E-state index contributed by atoms with van der Waals surface area (Å²) in [6, 6.07) is 12.5. The molecule has 0 atom stereocenters. The van der Waals surface area contributed by atoms with Gasteiger partial charge in [0.25, 0.3) is 11.1 Å².